The molecule has 0 aromatic heterocycles. The van der Waals surface area contributed by atoms with Crippen molar-refractivity contribution in [1.82, 2.24) is 0 Å². The number of ketones is 3. The lowest BCUT2D eigenvalue weighted by atomic mass is 9.64. The molecule has 2 aliphatic heterocycles. The number of nitrogens with zero attached hydrogens (tertiary/aromatic N) is 1. The molecule has 3 aliphatic rings. The Labute approximate surface area is 248 Å². The third-order valence-corrected chi connectivity index (χ3v) is 9.13. The van der Waals surface area contributed by atoms with Gasteiger partial charge in [0.25, 0.3) is 0 Å². The molecule has 3 atom stereocenters. The van der Waals surface area contributed by atoms with Gasteiger partial charge in [0, 0.05) is 38.9 Å². The molecule has 7 rings (SSSR count). The lowest BCUT2D eigenvalue weighted by Gasteiger charge is -2.37. The number of carbonyl (C=O) groups is 3. The largest absolute Gasteiger partial charge is 0.493 e. The maximum Gasteiger partial charge on any atom is 0.185 e. The molecule has 208 valence electrons. The lowest BCUT2D eigenvalue weighted by molar-refractivity contribution is 0.0664. The number of para-hydroxylation sites is 2. The lowest BCUT2D eigenvalue weighted by Crippen LogP contribution is -2.48. The molecular weight excluding hydrogens is 550 g/mol. The molecule has 0 bridgehead atoms. The number of ether oxygens (including phenoxy) is 2. The Morgan fingerprint density at radius 1 is 0.810 bits per heavy atom. The van der Waals surface area contributed by atoms with E-state index in [0.717, 1.165) is 11.3 Å². The molecule has 6 nitrogen and oxygen atoms in total. The number of methoxy groups -OCH3 is 2. The topological polar surface area (TPSA) is 72.9 Å². The molecule has 0 radical (unpaired) electrons. The second-order valence-electron chi connectivity index (χ2n) is 10.7. The highest BCUT2D eigenvalue weighted by molar-refractivity contribution is 6.32. The molecule has 0 N–H and O–H groups in total. The van der Waals surface area contributed by atoms with Crippen LogP contribution in [0.4, 0.5) is 5.69 Å². The van der Waals surface area contributed by atoms with Crippen LogP contribution in [0.1, 0.15) is 48.1 Å². The second-order valence-corrected chi connectivity index (χ2v) is 11.2. The van der Waals surface area contributed by atoms with Gasteiger partial charge < -0.3 is 14.4 Å². The summed E-state index contributed by atoms with van der Waals surface area (Å²) in [5.41, 5.74) is 1.74. The number of fused-ring (bicyclic) bond motifs is 5. The molecule has 2 heterocycles. The van der Waals surface area contributed by atoms with Gasteiger partial charge in [-0.25, -0.2) is 0 Å². The molecule has 1 fully saturated rings. The van der Waals surface area contributed by atoms with Gasteiger partial charge in [-0.2, -0.15) is 0 Å². The van der Waals surface area contributed by atoms with E-state index in [1.807, 2.05) is 47.4 Å². The molecular formula is C35H26ClNO5. The molecule has 1 spiro atoms. The van der Waals surface area contributed by atoms with E-state index in [1.165, 1.54) is 14.2 Å². The van der Waals surface area contributed by atoms with Gasteiger partial charge in [-0.05, 0) is 42.0 Å². The number of benzene rings is 4. The minimum atomic E-state index is -1.64. The van der Waals surface area contributed by atoms with Gasteiger partial charge in [0.1, 0.15) is 11.5 Å². The van der Waals surface area contributed by atoms with Gasteiger partial charge >= 0.3 is 0 Å². The Bertz CT molecular complexity index is 1780. The van der Waals surface area contributed by atoms with Crippen molar-refractivity contribution in [1.29, 1.82) is 0 Å². The minimum Gasteiger partial charge on any atom is -0.493 e. The summed E-state index contributed by atoms with van der Waals surface area (Å²) in [6, 6.07) is 25.1. The predicted molar refractivity (Wildman–Crippen MR) is 161 cm³/mol. The van der Waals surface area contributed by atoms with E-state index in [0.29, 0.717) is 38.8 Å². The first-order chi connectivity index (χ1) is 20.4. The normalized spacial score (nSPS) is 21.2. The van der Waals surface area contributed by atoms with Crippen LogP contribution in [0.2, 0.25) is 5.02 Å². The zero-order chi connectivity index (χ0) is 29.2. The van der Waals surface area contributed by atoms with Crippen molar-refractivity contribution in [3.8, 4) is 11.5 Å². The number of hydrogen-bond donors (Lipinski definition) is 0. The third-order valence-electron chi connectivity index (χ3n) is 8.88. The second kappa shape index (κ2) is 9.71. The predicted octanol–water partition coefficient (Wildman–Crippen LogP) is 6.67. The van der Waals surface area contributed by atoms with E-state index in [1.54, 1.807) is 60.7 Å². The average molecular weight is 576 g/mol. The molecule has 1 saturated heterocycles. The first-order valence-electron chi connectivity index (χ1n) is 13.7. The van der Waals surface area contributed by atoms with Crippen molar-refractivity contribution >= 4 is 40.7 Å². The van der Waals surface area contributed by atoms with Crippen LogP contribution in [-0.4, -0.2) is 43.7 Å². The Morgan fingerprint density at radius 2 is 1.48 bits per heavy atom. The molecule has 4 aromatic carbocycles. The number of carbonyl (C=O) groups excluding carboxylic acids is 3. The SMILES string of the molecule is COc1cccc([C@@H]2[C@H](C(=O)c3ccc(Cl)cc3)N3c4ccccc4C=C[C@H]3C23C(=O)c2ccccc2C3=O)c1OC. The van der Waals surface area contributed by atoms with Gasteiger partial charge in [-0.3, -0.25) is 14.4 Å². The van der Waals surface area contributed by atoms with E-state index < -0.39 is 23.4 Å². The van der Waals surface area contributed by atoms with E-state index in [9.17, 15) is 14.4 Å². The Hall–Kier alpha value is -4.68. The number of rotatable bonds is 5. The number of hydrogen-bond acceptors (Lipinski definition) is 6. The van der Waals surface area contributed by atoms with E-state index in [4.69, 9.17) is 21.1 Å². The van der Waals surface area contributed by atoms with Crippen molar-refractivity contribution in [2.24, 2.45) is 5.41 Å². The van der Waals surface area contributed by atoms with Gasteiger partial charge in [0.15, 0.2) is 28.8 Å². The van der Waals surface area contributed by atoms with Gasteiger partial charge in [0.2, 0.25) is 0 Å². The monoisotopic (exact) mass is 575 g/mol. The quantitative estimate of drug-likeness (QED) is 0.195. The standard InChI is InChI=1S/C35H26ClNO5/c1-41-27-13-7-11-25(32(27)42-2)29-30(31(38)21-14-17-22(36)18-15-21)37-26-12-6-3-8-20(26)16-19-28(37)35(29)33(39)23-9-4-5-10-24(23)34(35)40/h3-19,28-30H,1-2H3/t28-,29+,30+/m0/s1. The molecule has 0 saturated carbocycles. The minimum absolute atomic E-state index is 0.231. The van der Waals surface area contributed by atoms with Gasteiger partial charge in [-0.1, -0.05) is 78.4 Å². The van der Waals surface area contributed by atoms with Crippen molar-refractivity contribution in [2.75, 3.05) is 19.1 Å². The summed E-state index contributed by atoms with van der Waals surface area (Å²) in [6.45, 7) is 0. The maximum atomic E-state index is 14.8. The average Bonchev–Trinajstić information content (AvgIpc) is 3.46. The molecule has 1 aliphatic carbocycles. The molecule has 4 aromatic rings. The van der Waals surface area contributed by atoms with Crippen LogP contribution in [0.15, 0.2) is 97.1 Å². The molecule has 7 heteroatoms. The number of anilines is 1. The van der Waals surface area contributed by atoms with Crippen molar-refractivity contribution in [3.05, 3.63) is 130 Å². The highest BCUT2D eigenvalue weighted by Crippen LogP contribution is 2.62. The summed E-state index contributed by atoms with van der Waals surface area (Å²) in [4.78, 5) is 46.4. The van der Waals surface area contributed by atoms with E-state index >= 15 is 0 Å². The summed E-state index contributed by atoms with van der Waals surface area (Å²) in [6.07, 6.45) is 3.84. The summed E-state index contributed by atoms with van der Waals surface area (Å²) in [7, 11) is 3.06. The molecule has 0 unspecified atom stereocenters. The van der Waals surface area contributed by atoms with Crippen LogP contribution in [0, 0.1) is 5.41 Å². The van der Waals surface area contributed by atoms with Crippen molar-refractivity contribution in [3.63, 3.8) is 0 Å². The highest BCUT2D eigenvalue weighted by Gasteiger charge is 2.72. The van der Waals surface area contributed by atoms with Crippen LogP contribution < -0.4 is 14.4 Å². The zero-order valence-electron chi connectivity index (χ0n) is 22.9. The smallest absolute Gasteiger partial charge is 0.185 e. The first-order valence-corrected chi connectivity index (χ1v) is 14.1. The summed E-state index contributed by atoms with van der Waals surface area (Å²) >= 11 is 6.19. The fraction of sp³-hybridized carbons (Fsp3) is 0.171. The first kappa shape index (κ1) is 26.2. The maximum absolute atomic E-state index is 14.8. The van der Waals surface area contributed by atoms with Crippen LogP contribution in [-0.2, 0) is 0 Å². The Kier molecular flexibility index (Phi) is 6.06. The number of halogens is 1. The molecule has 42 heavy (non-hydrogen) atoms. The fourth-order valence-electron chi connectivity index (χ4n) is 7.20. The summed E-state index contributed by atoms with van der Waals surface area (Å²) in [5, 5.41) is 0.501. The summed E-state index contributed by atoms with van der Waals surface area (Å²) < 4.78 is 11.5. The van der Waals surface area contributed by atoms with E-state index in [-0.39, 0.29) is 17.3 Å². The van der Waals surface area contributed by atoms with E-state index in [2.05, 4.69) is 0 Å². The fourth-order valence-corrected chi connectivity index (χ4v) is 7.33. The van der Waals surface area contributed by atoms with Crippen LogP contribution in [0.5, 0.6) is 11.5 Å². The summed E-state index contributed by atoms with van der Waals surface area (Å²) in [5.74, 6) is -0.929. The van der Waals surface area contributed by atoms with Crippen LogP contribution >= 0.6 is 11.6 Å². The zero-order valence-corrected chi connectivity index (χ0v) is 23.7. The molecule has 0 amide bonds. The van der Waals surface area contributed by atoms with Gasteiger partial charge in [0.05, 0.1) is 20.3 Å². The van der Waals surface area contributed by atoms with Crippen LogP contribution in [0.25, 0.3) is 6.08 Å². The Balaban J connectivity index is 1.58. The van der Waals surface area contributed by atoms with Crippen molar-refractivity contribution < 1.29 is 23.9 Å². The third kappa shape index (κ3) is 3.42. The van der Waals surface area contributed by atoms with Crippen molar-refractivity contribution in [2.45, 2.75) is 18.0 Å². The number of Topliss-reactive ketones (excluding diaryl/α,β-unsaturated/α-hetero) is 3. The Morgan fingerprint density at radius 3 is 2.14 bits per heavy atom. The highest BCUT2D eigenvalue weighted by atomic mass is 35.5. The van der Waals surface area contributed by atoms with Crippen LogP contribution in [0.3, 0.4) is 0 Å². The van der Waals surface area contributed by atoms with Gasteiger partial charge in [-0.15, -0.1) is 0 Å².